The molecule has 7 heteroatoms. The number of nitrogens with zero attached hydrogens (tertiary/aromatic N) is 2. The molecule has 1 atom stereocenters. The first kappa shape index (κ1) is 17.8. The molecule has 0 spiro atoms. The van der Waals surface area contributed by atoms with Crippen molar-refractivity contribution in [1.82, 2.24) is 9.80 Å². The van der Waals surface area contributed by atoms with Crippen LogP contribution in [0.15, 0.2) is 47.1 Å². The molecule has 1 aliphatic rings. The number of amides is 2. The number of rotatable bonds is 5. The van der Waals surface area contributed by atoms with Gasteiger partial charge in [0.15, 0.2) is 5.76 Å². The molecule has 3 rings (SSSR count). The Bertz CT molecular complexity index is 752. The lowest BCUT2D eigenvalue weighted by molar-refractivity contribution is -0.133. The highest BCUT2D eigenvalue weighted by Crippen LogP contribution is 2.24. The van der Waals surface area contributed by atoms with Crippen LogP contribution >= 0.6 is 0 Å². The maximum Gasteiger partial charge on any atom is 0.289 e. The van der Waals surface area contributed by atoms with Gasteiger partial charge in [0.1, 0.15) is 11.8 Å². The third-order valence-electron chi connectivity index (χ3n) is 4.46. The largest absolute Gasteiger partial charge is 0.495 e. The average molecular weight is 357 g/mol. The van der Waals surface area contributed by atoms with Gasteiger partial charge in [0.05, 0.1) is 19.1 Å². The van der Waals surface area contributed by atoms with Gasteiger partial charge in [-0.15, -0.1) is 0 Å². The molecule has 1 unspecified atom stereocenters. The van der Waals surface area contributed by atoms with Crippen molar-refractivity contribution in [3.8, 4) is 5.75 Å². The van der Waals surface area contributed by atoms with Crippen LogP contribution in [0.2, 0.25) is 0 Å². The van der Waals surface area contributed by atoms with E-state index < -0.39 is 6.04 Å². The highest BCUT2D eigenvalue weighted by molar-refractivity contribution is 5.92. The van der Waals surface area contributed by atoms with Gasteiger partial charge in [0.2, 0.25) is 5.91 Å². The molecule has 1 fully saturated rings. The highest BCUT2D eigenvalue weighted by Gasteiger charge is 2.28. The summed E-state index contributed by atoms with van der Waals surface area (Å²) in [6, 6.07) is 10.4. The zero-order valence-corrected chi connectivity index (χ0v) is 15.0. The summed E-state index contributed by atoms with van der Waals surface area (Å²) >= 11 is 0. The molecule has 26 heavy (non-hydrogen) atoms. The minimum atomic E-state index is -0.390. The Morgan fingerprint density at radius 1 is 1.08 bits per heavy atom. The van der Waals surface area contributed by atoms with Gasteiger partial charge in [-0.05, 0) is 31.2 Å². The molecule has 1 aliphatic heterocycles. The van der Waals surface area contributed by atoms with Crippen molar-refractivity contribution in [3.63, 3.8) is 0 Å². The number of nitrogens with one attached hydrogen (secondary N) is 1. The van der Waals surface area contributed by atoms with E-state index in [1.165, 1.54) is 6.26 Å². The maximum atomic E-state index is 12.7. The minimum absolute atomic E-state index is 0.000929. The highest BCUT2D eigenvalue weighted by atomic mass is 16.5. The molecule has 1 aromatic carbocycles. The van der Waals surface area contributed by atoms with Crippen molar-refractivity contribution in [2.24, 2.45) is 0 Å². The number of methoxy groups -OCH3 is 1. The Labute approximate surface area is 152 Å². The van der Waals surface area contributed by atoms with Gasteiger partial charge in [0, 0.05) is 26.2 Å². The molecule has 2 amide bonds. The lowest BCUT2D eigenvalue weighted by Gasteiger charge is -2.35. The molecule has 2 heterocycles. The first-order valence-electron chi connectivity index (χ1n) is 8.61. The normalized spacial score (nSPS) is 15.5. The number of furan rings is 1. The summed E-state index contributed by atoms with van der Waals surface area (Å²) < 4.78 is 10.5. The van der Waals surface area contributed by atoms with E-state index in [1.54, 1.807) is 29.0 Å². The Kier molecular flexibility index (Phi) is 5.46. The van der Waals surface area contributed by atoms with Gasteiger partial charge in [0.25, 0.3) is 5.91 Å². The predicted octanol–water partition coefficient (Wildman–Crippen LogP) is 2.07. The van der Waals surface area contributed by atoms with Crippen LogP contribution in [0, 0.1) is 0 Å². The number of carbonyl (C=O) groups is 2. The molecular formula is C19H23N3O4. The van der Waals surface area contributed by atoms with Gasteiger partial charge >= 0.3 is 0 Å². The molecular weight excluding hydrogens is 334 g/mol. The second kappa shape index (κ2) is 7.95. The van der Waals surface area contributed by atoms with Crippen LogP contribution in [0.5, 0.6) is 5.75 Å². The Morgan fingerprint density at radius 2 is 1.77 bits per heavy atom. The van der Waals surface area contributed by atoms with Crippen molar-refractivity contribution >= 4 is 17.5 Å². The Balaban J connectivity index is 1.55. The summed E-state index contributed by atoms with van der Waals surface area (Å²) in [4.78, 5) is 28.5. The van der Waals surface area contributed by atoms with E-state index in [4.69, 9.17) is 9.15 Å². The SMILES string of the molecule is COc1ccccc1NC(C)C(=O)N1CCN(C(=O)c2ccco2)CC1. The zero-order chi connectivity index (χ0) is 18.5. The fourth-order valence-corrected chi connectivity index (χ4v) is 3.02. The second-order valence-electron chi connectivity index (χ2n) is 6.16. The summed E-state index contributed by atoms with van der Waals surface area (Å²) in [6.07, 6.45) is 1.48. The molecule has 0 aliphatic carbocycles. The van der Waals surface area contributed by atoms with E-state index in [-0.39, 0.29) is 11.8 Å². The molecule has 0 bridgehead atoms. The van der Waals surface area contributed by atoms with Crippen LogP contribution < -0.4 is 10.1 Å². The topological polar surface area (TPSA) is 75.0 Å². The quantitative estimate of drug-likeness (QED) is 0.887. The number of benzene rings is 1. The van der Waals surface area contributed by atoms with Crippen LogP contribution in [0.4, 0.5) is 5.69 Å². The molecule has 1 N–H and O–H groups in total. The van der Waals surface area contributed by atoms with E-state index in [0.717, 1.165) is 5.69 Å². The standard InChI is InChI=1S/C19H23N3O4/c1-14(20-15-6-3-4-7-16(15)25-2)18(23)21-9-11-22(12-10-21)19(24)17-8-5-13-26-17/h3-8,13-14,20H,9-12H2,1-2H3. The van der Waals surface area contributed by atoms with Crippen LogP contribution in [-0.4, -0.2) is 60.9 Å². The van der Waals surface area contributed by atoms with Crippen LogP contribution in [-0.2, 0) is 4.79 Å². The van der Waals surface area contributed by atoms with E-state index in [9.17, 15) is 9.59 Å². The summed E-state index contributed by atoms with van der Waals surface area (Å²) in [5.74, 6) is 0.889. The van der Waals surface area contributed by atoms with Crippen molar-refractivity contribution in [1.29, 1.82) is 0 Å². The van der Waals surface area contributed by atoms with Gasteiger partial charge in [-0.25, -0.2) is 0 Å². The number of hydrogen-bond donors (Lipinski definition) is 1. The van der Waals surface area contributed by atoms with Crippen molar-refractivity contribution in [3.05, 3.63) is 48.4 Å². The Hall–Kier alpha value is -2.96. The average Bonchev–Trinajstić information content (AvgIpc) is 3.22. The zero-order valence-electron chi connectivity index (χ0n) is 15.0. The van der Waals surface area contributed by atoms with E-state index in [0.29, 0.717) is 37.7 Å². The maximum absolute atomic E-state index is 12.7. The van der Waals surface area contributed by atoms with E-state index in [2.05, 4.69) is 5.32 Å². The molecule has 138 valence electrons. The summed E-state index contributed by atoms with van der Waals surface area (Å²) in [5.41, 5.74) is 0.780. The van der Waals surface area contributed by atoms with Gasteiger partial charge in [-0.3, -0.25) is 9.59 Å². The van der Waals surface area contributed by atoms with Crippen LogP contribution in [0.1, 0.15) is 17.5 Å². The summed E-state index contributed by atoms with van der Waals surface area (Å²) in [5, 5.41) is 3.20. The first-order valence-corrected chi connectivity index (χ1v) is 8.61. The van der Waals surface area contributed by atoms with E-state index >= 15 is 0 Å². The summed E-state index contributed by atoms with van der Waals surface area (Å²) in [6.45, 7) is 3.82. The third kappa shape index (κ3) is 3.82. The number of ether oxygens (including phenoxy) is 1. The van der Waals surface area contributed by atoms with Gasteiger partial charge in [-0.1, -0.05) is 12.1 Å². The fourth-order valence-electron chi connectivity index (χ4n) is 3.02. The lowest BCUT2D eigenvalue weighted by atomic mass is 10.2. The number of anilines is 1. The molecule has 0 saturated carbocycles. The molecule has 0 radical (unpaired) electrons. The van der Waals surface area contributed by atoms with Crippen molar-refractivity contribution < 1.29 is 18.7 Å². The van der Waals surface area contributed by atoms with Crippen molar-refractivity contribution in [2.45, 2.75) is 13.0 Å². The predicted molar refractivity (Wildman–Crippen MR) is 97.3 cm³/mol. The van der Waals surface area contributed by atoms with Gasteiger partial charge in [-0.2, -0.15) is 0 Å². The van der Waals surface area contributed by atoms with Crippen LogP contribution in [0.3, 0.4) is 0 Å². The smallest absolute Gasteiger partial charge is 0.289 e. The lowest BCUT2D eigenvalue weighted by Crippen LogP contribution is -2.53. The third-order valence-corrected chi connectivity index (χ3v) is 4.46. The fraction of sp³-hybridized carbons (Fsp3) is 0.368. The summed E-state index contributed by atoms with van der Waals surface area (Å²) in [7, 11) is 1.60. The monoisotopic (exact) mass is 357 g/mol. The number of hydrogen-bond acceptors (Lipinski definition) is 5. The molecule has 2 aromatic rings. The first-order chi connectivity index (χ1) is 12.6. The number of para-hydroxylation sites is 2. The van der Waals surface area contributed by atoms with Crippen molar-refractivity contribution in [2.75, 3.05) is 38.6 Å². The van der Waals surface area contributed by atoms with E-state index in [1.807, 2.05) is 31.2 Å². The second-order valence-corrected chi connectivity index (χ2v) is 6.16. The molecule has 1 saturated heterocycles. The molecule has 1 aromatic heterocycles. The van der Waals surface area contributed by atoms with Gasteiger partial charge < -0.3 is 24.3 Å². The molecule has 7 nitrogen and oxygen atoms in total. The minimum Gasteiger partial charge on any atom is -0.495 e. The number of carbonyl (C=O) groups excluding carboxylic acids is 2. The van der Waals surface area contributed by atoms with Crippen LogP contribution in [0.25, 0.3) is 0 Å². The Morgan fingerprint density at radius 3 is 2.42 bits per heavy atom. The number of piperazine rings is 1.